The summed E-state index contributed by atoms with van der Waals surface area (Å²) in [5.74, 6) is 0.932. The maximum absolute atomic E-state index is 6.23. The van der Waals surface area contributed by atoms with Crippen molar-refractivity contribution < 1.29 is 9.47 Å². The first-order valence-electron chi connectivity index (χ1n) is 12.1. The van der Waals surface area contributed by atoms with E-state index in [1.807, 2.05) is 11.7 Å². The van der Waals surface area contributed by atoms with E-state index >= 15 is 0 Å². The van der Waals surface area contributed by atoms with Crippen molar-refractivity contribution in [2.45, 2.75) is 26.2 Å². The van der Waals surface area contributed by atoms with Gasteiger partial charge in [-0.15, -0.1) is 0 Å². The summed E-state index contributed by atoms with van der Waals surface area (Å²) in [7, 11) is 2.01. The van der Waals surface area contributed by atoms with Crippen LogP contribution in [-0.4, -0.2) is 58.7 Å². The second-order valence-electron chi connectivity index (χ2n) is 10.0. The van der Waals surface area contributed by atoms with Crippen molar-refractivity contribution in [3.63, 3.8) is 0 Å². The molecule has 0 radical (unpaired) electrons. The van der Waals surface area contributed by atoms with Gasteiger partial charge in [0.1, 0.15) is 12.4 Å². The Hall–Kier alpha value is -3.09. The van der Waals surface area contributed by atoms with Crippen LogP contribution in [0.15, 0.2) is 60.9 Å². The highest BCUT2D eigenvalue weighted by Crippen LogP contribution is 2.33. The summed E-state index contributed by atoms with van der Waals surface area (Å²) in [6.07, 6.45) is 4.31. The quantitative estimate of drug-likeness (QED) is 0.406. The fraction of sp³-hybridized carbons (Fsp3) is 0.393. The number of fused-ring (bicyclic) bond motifs is 1. The number of morpholine rings is 1. The number of hydrogen-bond acceptors (Lipinski definition) is 4. The second kappa shape index (κ2) is 9.28. The first-order chi connectivity index (χ1) is 16.4. The second-order valence-corrected chi connectivity index (χ2v) is 10.0. The van der Waals surface area contributed by atoms with Crippen molar-refractivity contribution in [1.82, 2.24) is 19.2 Å². The minimum Gasteiger partial charge on any atom is -0.492 e. The Bertz CT molecular complexity index is 1280. The van der Waals surface area contributed by atoms with Crippen molar-refractivity contribution in [2.75, 3.05) is 39.5 Å². The third-order valence-electron chi connectivity index (χ3n) is 6.54. The molecule has 1 aliphatic heterocycles. The van der Waals surface area contributed by atoms with Crippen LogP contribution in [0.2, 0.25) is 0 Å². The van der Waals surface area contributed by atoms with Crippen molar-refractivity contribution in [1.29, 1.82) is 0 Å². The number of benzene rings is 2. The van der Waals surface area contributed by atoms with Crippen LogP contribution in [0, 0.1) is 0 Å². The predicted molar refractivity (Wildman–Crippen MR) is 137 cm³/mol. The van der Waals surface area contributed by atoms with Crippen LogP contribution in [0.5, 0.6) is 5.75 Å². The van der Waals surface area contributed by atoms with Crippen molar-refractivity contribution in [3.05, 3.63) is 66.6 Å². The maximum Gasteiger partial charge on any atom is 0.127 e. The lowest BCUT2D eigenvalue weighted by molar-refractivity contribution is 0.0323. The lowest BCUT2D eigenvalue weighted by atomic mass is 9.92. The molecule has 2 aromatic carbocycles. The Labute approximate surface area is 201 Å². The first kappa shape index (κ1) is 22.7. The fourth-order valence-corrected chi connectivity index (χ4v) is 4.52. The molecule has 0 aliphatic carbocycles. The average Bonchev–Trinajstić information content (AvgIpc) is 3.46. The average molecular weight is 459 g/mol. The number of aryl methyl sites for hydroxylation is 1. The Morgan fingerprint density at radius 2 is 1.76 bits per heavy atom. The van der Waals surface area contributed by atoms with Crippen molar-refractivity contribution in [2.24, 2.45) is 7.05 Å². The van der Waals surface area contributed by atoms with Crippen LogP contribution in [0.4, 0.5) is 0 Å². The lowest BCUT2D eigenvalue weighted by Gasteiger charge is -2.26. The fourth-order valence-electron chi connectivity index (χ4n) is 4.52. The molecule has 34 heavy (non-hydrogen) atoms. The molecule has 6 heteroatoms. The lowest BCUT2D eigenvalue weighted by Crippen LogP contribution is -2.38. The zero-order chi connectivity index (χ0) is 23.7. The molecule has 0 atom stereocenters. The molecular weight excluding hydrogens is 424 g/mol. The van der Waals surface area contributed by atoms with E-state index in [2.05, 4.69) is 91.2 Å². The first-order valence-corrected chi connectivity index (χ1v) is 12.1. The maximum atomic E-state index is 6.23. The van der Waals surface area contributed by atoms with Gasteiger partial charge in [0.05, 0.1) is 30.3 Å². The molecule has 1 fully saturated rings. The minimum absolute atomic E-state index is 0.0202. The molecule has 0 amide bonds. The van der Waals surface area contributed by atoms with Gasteiger partial charge in [-0.05, 0) is 24.3 Å². The van der Waals surface area contributed by atoms with E-state index in [1.54, 1.807) is 0 Å². The summed E-state index contributed by atoms with van der Waals surface area (Å²) in [6, 6.07) is 17.1. The van der Waals surface area contributed by atoms with Crippen LogP contribution in [-0.2, 0) is 17.2 Å². The molecule has 4 aromatic rings. The number of ether oxygens (including phenoxy) is 2. The number of aromatic nitrogens is 3. The summed E-state index contributed by atoms with van der Waals surface area (Å²) in [4.78, 5) is 2.39. The molecule has 1 saturated heterocycles. The van der Waals surface area contributed by atoms with Crippen molar-refractivity contribution >= 4 is 10.8 Å². The summed E-state index contributed by atoms with van der Waals surface area (Å²) in [5.41, 5.74) is 4.53. The van der Waals surface area contributed by atoms with Gasteiger partial charge in [0.2, 0.25) is 0 Å². The molecule has 0 spiro atoms. The Kier molecular flexibility index (Phi) is 6.19. The topological polar surface area (TPSA) is 44.5 Å². The highest BCUT2D eigenvalue weighted by molar-refractivity contribution is 5.95. The zero-order valence-electron chi connectivity index (χ0n) is 20.6. The number of rotatable bonds is 6. The van der Waals surface area contributed by atoms with Crippen LogP contribution < -0.4 is 4.74 Å². The molecule has 0 saturated carbocycles. The third kappa shape index (κ3) is 4.61. The van der Waals surface area contributed by atoms with Crippen LogP contribution in [0.3, 0.4) is 0 Å². The summed E-state index contributed by atoms with van der Waals surface area (Å²) in [5, 5.41) is 7.05. The Morgan fingerprint density at radius 1 is 1.00 bits per heavy atom. The largest absolute Gasteiger partial charge is 0.492 e. The summed E-state index contributed by atoms with van der Waals surface area (Å²) >= 11 is 0. The van der Waals surface area contributed by atoms with E-state index in [4.69, 9.17) is 14.6 Å². The molecule has 2 aromatic heterocycles. The van der Waals surface area contributed by atoms with Crippen molar-refractivity contribution in [3.8, 4) is 22.7 Å². The van der Waals surface area contributed by atoms with E-state index < -0.39 is 0 Å². The number of nitrogens with zero attached hydrogens (tertiary/aromatic N) is 4. The molecule has 0 N–H and O–H groups in total. The normalized spacial score (nSPS) is 15.2. The molecule has 6 nitrogen and oxygen atoms in total. The third-order valence-corrected chi connectivity index (χ3v) is 6.54. The molecular formula is C28H34N4O2. The number of hydrogen-bond donors (Lipinski definition) is 0. The molecule has 0 bridgehead atoms. The van der Waals surface area contributed by atoms with E-state index in [-0.39, 0.29) is 5.41 Å². The molecule has 178 valence electrons. The smallest absolute Gasteiger partial charge is 0.127 e. The van der Waals surface area contributed by atoms with Gasteiger partial charge < -0.3 is 14.0 Å². The minimum atomic E-state index is 0.0202. The van der Waals surface area contributed by atoms with Crippen LogP contribution in [0.25, 0.3) is 27.7 Å². The standard InChI is InChI=1S/C28H34N4O2/c1-28(2,3)27-19-25(30(4)29-27)21-11-12-32(20-21)24-9-10-26(23-8-6-5-7-22(23)24)34-18-15-31-13-16-33-17-14-31/h5-12,19-20H,13-18H2,1-4H3. The predicted octanol–water partition coefficient (Wildman–Crippen LogP) is 5.04. The van der Waals surface area contributed by atoms with Gasteiger partial charge in [0, 0.05) is 60.8 Å². The van der Waals surface area contributed by atoms with E-state index in [0.717, 1.165) is 66.6 Å². The molecule has 1 aliphatic rings. The molecule has 3 heterocycles. The van der Waals surface area contributed by atoms with E-state index in [0.29, 0.717) is 6.61 Å². The van der Waals surface area contributed by atoms with Crippen LogP contribution >= 0.6 is 0 Å². The van der Waals surface area contributed by atoms with Gasteiger partial charge in [-0.1, -0.05) is 45.0 Å². The van der Waals surface area contributed by atoms with Gasteiger partial charge >= 0.3 is 0 Å². The highest BCUT2D eigenvalue weighted by atomic mass is 16.5. The van der Waals surface area contributed by atoms with E-state index in [1.165, 1.54) is 5.39 Å². The summed E-state index contributed by atoms with van der Waals surface area (Å²) in [6.45, 7) is 11.8. The van der Waals surface area contributed by atoms with Crippen LogP contribution in [0.1, 0.15) is 26.5 Å². The van der Waals surface area contributed by atoms with Gasteiger partial charge in [-0.3, -0.25) is 9.58 Å². The van der Waals surface area contributed by atoms with Gasteiger partial charge in [-0.25, -0.2) is 0 Å². The SMILES string of the molecule is Cn1nc(C(C)(C)C)cc1-c1ccn(-c2ccc(OCCN3CCOCC3)c3ccccc23)c1. The van der Waals surface area contributed by atoms with Gasteiger partial charge in [0.15, 0.2) is 0 Å². The zero-order valence-corrected chi connectivity index (χ0v) is 20.6. The Balaban J connectivity index is 1.40. The van der Waals surface area contributed by atoms with Gasteiger partial charge in [-0.2, -0.15) is 5.10 Å². The molecule has 5 rings (SSSR count). The summed E-state index contributed by atoms with van der Waals surface area (Å²) < 4.78 is 15.8. The van der Waals surface area contributed by atoms with Gasteiger partial charge in [0.25, 0.3) is 0 Å². The monoisotopic (exact) mass is 458 g/mol. The Morgan fingerprint density at radius 3 is 2.50 bits per heavy atom. The highest BCUT2D eigenvalue weighted by Gasteiger charge is 2.20. The molecule has 0 unspecified atom stereocenters. The van der Waals surface area contributed by atoms with E-state index in [9.17, 15) is 0 Å².